The van der Waals surface area contributed by atoms with Crippen LogP contribution in [-0.2, 0) is 21.5 Å². The van der Waals surface area contributed by atoms with Crippen LogP contribution in [0.4, 0.5) is 0 Å². The van der Waals surface area contributed by atoms with Gasteiger partial charge in [-0.25, -0.2) is 4.79 Å². The van der Waals surface area contributed by atoms with Crippen LogP contribution >= 0.6 is 11.8 Å². The summed E-state index contributed by atoms with van der Waals surface area (Å²) in [6.45, 7) is 8.51. The van der Waals surface area contributed by atoms with E-state index in [0.29, 0.717) is 5.92 Å². The van der Waals surface area contributed by atoms with Crippen molar-refractivity contribution in [2.24, 2.45) is 5.92 Å². The maximum atomic E-state index is 13.9. The fourth-order valence-electron chi connectivity index (χ4n) is 6.13. The van der Waals surface area contributed by atoms with Gasteiger partial charge in [0.15, 0.2) is 6.10 Å². The zero-order valence-electron chi connectivity index (χ0n) is 20.2. The quantitative estimate of drug-likeness (QED) is 0.388. The summed E-state index contributed by atoms with van der Waals surface area (Å²) in [5.74, 6) is 2.60. The molecule has 34 heavy (non-hydrogen) atoms. The predicted molar refractivity (Wildman–Crippen MR) is 135 cm³/mol. The second-order valence-electron chi connectivity index (χ2n) is 10.2. The number of nitrogens with zero attached hydrogens (tertiary/aromatic N) is 2. The van der Waals surface area contributed by atoms with Gasteiger partial charge in [-0.05, 0) is 18.1 Å². The summed E-state index contributed by atoms with van der Waals surface area (Å²) in [6, 6.07) is 21.1. The number of carbonyl (C=O) groups excluding carboxylic acids is 1. The molecule has 6 heteroatoms. The highest BCUT2D eigenvalue weighted by Gasteiger charge is 2.50. The highest BCUT2D eigenvalue weighted by Crippen LogP contribution is 2.38. The molecule has 4 saturated heterocycles. The number of thioether (sulfide) groups is 1. The van der Waals surface area contributed by atoms with Gasteiger partial charge in [-0.1, -0.05) is 60.7 Å². The van der Waals surface area contributed by atoms with Crippen LogP contribution < -0.4 is 17.0 Å². The van der Waals surface area contributed by atoms with E-state index in [1.807, 2.05) is 30.0 Å². The average Bonchev–Trinajstić information content (AvgIpc) is 2.89. The van der Waals surface area contributed by atoms with Crippen LogP contribution in [0, 0.1) is 5.92 Å². The molecule has 4 fully saturated rings. The van der Waals surface area contributed by atoms with Gasteiger partial charge in [-0.3, -0.25) is 4.90 Å². The van der Waals surface area contributed by atoms with Gasteiger partial charge in [0.1, 0.15) is 12.1 Å². The maximum Gasteiger partial charge on any atom is 0.331 e. The molecule has 6 rings (SSSR count). The minimum Gasteiger partial charge on any atom is -1.00 e. The van der Waals surface area contributed by atoms with Crippen molar-refractivity contribution in [2.75, 3.05) is 50.8 Å². The Bertz CT molecular complexity index is 930. The third kappa shape index (κ3) is 5.25. The van der Waals surface area contributed by atoms with E-state index in [1.54, 1.807) is 0 Å². The molecule has 0 aromatic heterocycles. The van der Waals surface area contributed by atoms with Gasteiger partial charge in [0.05, 0.1) is 19.6 Å². The van der Waals surface area contributed by atoms with Gasteiger partial charge >= 0.3 is 5.97 Å². The fraction of sp³-hybridized carbons (Fsp3) is 0.536. The van der Waals surface area contributed by atoms with Gasteiger partial charge < -0.3 is 26.2 Å². The standard InChI is InChI=1S/C28H37N2O2S.BrH/c1-28(25-10-6-3-7-11-25,29-15-20-33-21-16-29)27(31)32-26-22-30(18-13-24(26)14-19-30)17-12-23-8-4-2-5-9-23;/h2-11,24,26H,12-22H2,1H3;1H/q+1;/p-1/t24?,26-,28?,30?;/m0./s1. The minimum atomic E-state index is -0.719. The van der Waals surface area contributed by atoms with E-state index >= 15 is 0 Å². The number of rotatable bonds is 7. The Labute approximate surface area is 219 Å². The average molecular weight is 546 g/mol. The molecular formula is C28H37BrN2O2S. The van der Waals surface area contributed by atoms with E-state index in [4.69, 9.17) is 4.74 Å². The van der Waals surface area contributed by atoms with Crippen molar-refractivity contribution in [1.29, 1.82) is 0 Å². The Morgan fingerprint density at radius 1 is 1.03 bits per heavy atom. The molecule has 4 aliphatic rings. The Hall–Kier alpha value is -1.34. The Morgan fingerprint density at radius 3 is 2.29 bits per heavy atom. The summed E-state index contributed by atoms with van der Waals surface area (Å²) in [4.78, 5) is 16.3. The molecule has 4 heterocycles. The summed E-state index contributed by atoms with van der Waals surface area (Å²) in [7, 11) is 0. The molecule has 2 atom stereocenters. The number of hydrogen-bond acceptors (Lipinski definition) is 4. The molecule has 4 aliphatic heterocycles. The molecular weight excluding hydrogens is 508 g/mol. The zero-order valence-corrected chi connectivity index (χ0v) is 22.6. The summed E-state index contributed by atoms with van der Waals surface area (Å²) in [5, 5.41) is 0. The topological polar surface area (TPSA) is 29.5 Å². The lowest BCUT2D eigenvalue weighted by molar-refractivity contribution is -0.946. The number of ether oxygens (including phenoxy) is 1. The van der Waals surface area contributed by atoms with Crippen molar-refractivity contribution >= 4 is 17.7 Å². The van der Waals surface area contributed by atoms with Gasteiger partial charge in [0.25, 0.3) is 0 Å². The van der Waals surface area contributed by atoms with Crippen LogP contribution in [-0.4, -0.2) is 72.2 Å². The lowest BCUT2D eigenvalue weighted by atomic mass is 9.82. The predicted octanol–water partition coefficient (Wildman–Crippen LogP) is 1.35. The monoisotopic (exact) mass is 544 g/mol. The third-order valence-corrected chi connectivity index (χ3v) is 9.34. The van der Waals surface area contributed by atoms with Crippen LogP contribution in [0.3, 0.4) is 0 Å². The van der Waals surface area contributed by atoms with E-state index < -0.39 is 5.54 Å². The van der Waals surface area contributed by atoms with Crippen molar-refractivity contribution in [3.05, 3.63) is 71.8 Å². The first kappa shape index (κ1) is 25.7. The molecule has 184 valence electrons. The molecule has 2 aromatic rings. The zero-order chi connectivity index (χ0) is 22.7. The van der Waals surface area contributed by atoms with Crippen LogP contribution in [0.1, 0.15) is 30.9 Å². The molecule has 0 saturated carbocycles. The van der Waals surface area contributed by atoms with Gasteiger partial charge in [0.2, 0.25) is 0 Å². The first-order valence-corrected chi connectivity index (χ1v) is 13.7. The number of halogens is 1. The van der Waals surface area contributed by atoms with Crippen LogP contribution in [0.2, 0.25) is 0 Å². The smallest absolute Gasteiger partial charge is 0.331 e. The summed E-state index contributed by atoms with van der Waals surface area (Å²) in [5.41, 5.74) is 1.74. The maximum absolute atomic E-state index is 13.9. The SMILES string of the molecule is CC(C(=O)O[C@H]1C[N+]2(CCc3ccccc3)CCC1CC2)(c1ccccc1)N1CCSCC1.[Br-]. The molecule has 4 nitrogen and oxygen atoms in total. The normalized spacial score (nSPS) is 28.5. The molecule has 1 unspecified atom stereocenters. The van der Waals surface area contributed by atoms with Crippen LogP contribution in [0.25, 0.3) is 0 Å². The lowest BCUT2D eigenvalue weighted by Crippen LogP contribution is -3.00. The lowest BCUT2D eigenvalue weighted by Gasteiger charge is -2.52. The van der Waals surface area contributed by atoms with Gasteiger partial charge in [-0.15, -0.1) is 0 Å². The first-order valence-electron chi connectivity index (χ1n) is 12.6. The third-order valence-electron chi connectivity index (χ3n) is 8.39. The van der Waals surface area contributed by atoms with E-state index in [9.17, 15) is 4.79 Å². The van der Waals surface area contributed by atoms with Crippen molar-refractivity contribution < 1.29 is 31.0 Å². The van der Waals surface area contributed by atoms with Crippen LogP contribution in [0.15, 0.2) is 60.7 Å². The number of benzene rings is 2. The second kappa shape index (κ2) is 11.2. The van der Waals surface area contributed by atoms with Gasteiger partial charge in [-0.2, -0.15) is 11.8 Å². The minimum absolute atomic E-state index is 0. The second-order valence-corrected chi connectivity index (χ2v) is 11.5. The fourth-order valence-corrected chi connectivity index (χ4v) is 7.04. The highest BCUT2D eigenvalue weighted by atomic mass is 79.9. The van der Waals surface area contributed by atoms with Crippen LogP contribution in [0.5, 0.6) is 0 Å². The summed E-state index contributed by atoms with van der Waals surface area (Å²) < 4.78 is 7.58. The van der Waals surface area contributed by atoms with E-state index in [2.05, 4.69) is 54.3 Å². The van der Waals surface area contributed by atoms with Crippen molar-refractivity contribution in [3.63, 3.8) is 0 Å². The Morgan fingerprint density at radius 2 is 1.65 bits per heavy atom. The molecule has 0 amide bonds. The van der Waals surface area contributed by atoms with Crippen molar-refractivity contribution in [3.8, 4) is 0 Å². The highest BCUT2D eigenvalue weighted by molar-refractivity contribution is 7.99. The number of quaternary nitrogens is 1. The molecule has 2 aromatic carbocycles. The number of carbonyl (C=O) groups is 1. The number of esters is 1. The number of fused-ring (bicyclic) bond motifs is 3. The van der Waals surface area contributed by atoms with Gasteiger partial charge in [0, 0.05) is 49.8 Å². The van der Waals surface area contributed by atoms with Crippen molar-refractivity contribution in [2.45, 2.75) is 37.8 Å². The largest absolute Gasteiger partial charge is 1.00 e. The molecule has 0 N–H and O–H groups in total. The Balaban J connectivity index is 0.00000274. The number of hydrogen-bond donors (Lipinski definition) is 0. The summed E-state index contributed by atoms with van der Waals surface area (Å²) in [6.07, 6.45) is 3.49. The van der Waals surface area contributed by atoms with E-state index in [-0.39, 0.29) is 29.1 Å². The molecule has 0 spiro atoms. The molecule has 2 bridgehead atoms. The molecule has 0 radical (unpaired) electrons. The number of piperidine rings is 3. The molecule has 0 aliphatic carbocycles. The summed E-state index contributed by atoms with van der Waals surface area (Å²) >= 11 is 1.97. The van der Waals surface area contributed by atoms with E-state index in [0.717, 1.165) is 54.2 Å². The Kier molecular flexibility index (Phi) is 8.44. The van der Waals surface area contributed by atoms with E-state index in [1.165, 1.54) is 31.5 Å². The first-order chi connectivity index (χ1) is 16.1. The van der Waals surface area contributed by atoms with Crippen molar-refractivity contribution in [1.82, 2.24) is 4.90 Å².